The van der Waals surface area contributed by atoms with Crippen molar-refractivity contribution in [2.45, 2.75) is 24.2 Å². The number of likely N-dealkylation sites (N-methyl/N-ethyl adjacent to an activating group) is 1. The molecule has 130 valence electrons. The fourth-order valence-corrected chi connectivity index (χ4v) is 5.70. The minimum absolute atomic E-state index is 0.0253. The number of nitrogens with zero attached hydrogens (tertiary/aromatic N) is 3. The Morgan fingerprint density at radius 1 is 1.32 bits per heavy atom. The zero-order chi connectivity index (χ0) is 17.2. The van der Waals surface area contributed by atoms with Crippen LogP contribution in [0.15, 0.2) is 28.6 Å². The summed E-state index contributed by atoms with van der Waals surface area (Å²) in [6.07, 6.45) is 0.968. The number of thiazole rings is 2. The molecule has 0 saturated heterocycles. The Morgan fingerprint density at radius 2 is 2.20 bits per heavy atom. The van der Waals surface area contributed by atoms with Gasteiger partial charge in [-0.3, -0.25) is 9.69 Å². The van der Waals surface area contributed by atoms with Crippen LogP contribution in [0.25, 0.3) is 10.2 Å². The van der Waals surface area contributed by atoms with Crippen LogP contribution in [-0.4, -0.2) is 39.6 Å². The summed E-state index contributed by atoms with van der Waals surface area (Å²) in [6, 6.07) is 8.03. The molecule has 0 unspecified atom stereocenters. The second-order valence-corrected chi connectivity index (χ2v) is 9.13. The summed E-state index contributed by atoms with van der Waals surface area (Å²) in [5.74, 6) is 0.327. The minimum Gasteiger partial charge on any atom is -0.301 e. The number of nitrogens with one attached hydrogen (secondary N) is 1. The fourth-order valence-electron chi connectivity index (χ4n) is 2.77. The van der Waals surface area contributed by atoms with Crippen LogP contribution in [0.3, 0.4) is 0 Å². The highest BCUT2D eigenvalue weighted by atomic mass is 32.2. The summed E-state index contributed by atoms with van der Waals surface area (Å²) in [5.41, 5.74) is 2.13. The number of aromatic nitrogens is 2. The summed E-state index contributed by atoms with van der Waals surface area (Å²) in [6.45, 7) is 5.22. The molecule has 1 amide bonds. The first-order valence-corrected chi connectivity index (χ1v) is 10.8. The molecule has 3 aromatic rings. The quantitative estimate of drug-likeness (QED) is 0.671. The molecular weight excluding hydrogens is 372 g/mol. The van der Waals surface area contributed by atoms with Crippen molar-refractivity contribution in [1.82, 2.24) is 14.9 Å². The van der Waals surface area contributed by atoms with E-state index in [4.69, 9.17) is 0 Å². The van der Waals surface area contributed by atoms with Gasteiger partial charge >= 0.3 is 0 Å². The van der Waals surface area contributed by atoms with Crippen LogP contribution in [0.5, 0.6) is 0 Å². The fraction of sp³-hybridized carbons (Fsp3) is 0.353. The second-order valence-electron chi connectivity index (χ2n) is 5.79. The van der Waals surface area contributed by atoms with Crippen molar-refractivity contribution < 1.29 is 4.79 Å². The molecule has 2 aromatic heterocycles. The Morgan fingerprint density at radius 3 is 3.04 bits per heavy atom. The molecule has 1 N–H and O–H groups in total. The Hall–Kier alpha value is -1.48. The summed E-state index contributed by atoms with van der Waals surface area (Å²) in [4.78, 5) is 25.0. The molecule has 5 nitrogen and oxygen atoms in total. The van der Waals surface area contributed by atoms with E-state index >= 15 is 0 Å². The van der Waals surface area contributed by atoms with Crippen molar-refractivity contribution in [2.24, 2.45) is 0 Å². The van der Waals surface area contributed by atoms with Crippen LogP contribution in [-0.2, 0) is 17.8 Å². The van der Waals surface area contributed by atoms with Crippen LogP contribution in [0.2, 0.25) is 0 Å². The highest BCUT2D eigenvalue weighted by molar-refractivity contribution is 8.01. The molecule has 3 heterocycles. The van der Waals surface area contributed by atoms with Gasteiger partial charge in [0.15, 0.2) is 9.47 Å². The van der Waals surface area contributed by atoms with E-state index in [9.17, 15) is 4.79 Å². The Labute approximate surface area is 158 Å². The number of amides is 1. The zero-order valence-corrected chi connectivity index (χ0v) is 16.3. The van der Waals surface area contributed by atoms with Crippen LogP contribution in [0, 0.1) is 0 Å². The topological polar surface area (TPSA) is 58.1 Å². The van der Waals surface area contributed by atoms with Crippen molar-refractivity contribution in [3.63, 3.8) is 0 Å². The molecular formula is C17H18N4OS3. The molecule has 1 aliphatic heterocycles. The van der Waals surface area contributed by atoms with Gasteiger partial charge in [-0.1, -0.05) is 30.8 Å². The van der Waals surface area contributed by atoms with Gasteiger partial charge in [0, 0.05) is 24.4 Å². The molecule has 0 fully saturated rings. The maximum atomic E-state index is 12.2. The first kappa shape index (κ1) is 17.0. The van der Waals surface area contributed by atoms with Crippen LogP contribution < -0.4 is 5.32 Å². The first-order chi connectivity index (χ1) is 12.2. The number of fused-ring (bicyclic) bond motifs is 2. The molecule has 25 heavy (non-hydrogen) atoms. The van der Waals surface area contributed by atoms with Crippen molar-refractivity contribution in [3.05, 3.63) is 34.8 Å². The largest absolute Gasteiger partial charge is 0.301 e. The average Bonchev–Trinajstić information content (AvgIpc) is 3.21. The molecule has 0 spiro atoms. The lowest BCUT2D eigenvalue weighted by molar-refractivity contribution is -0.113. The van der Waals surface area contributed by atoms with Crippen molar-refractivity contribution >= 4 is 55.7 Å². The van der Waals surface area contributed by atoms with Gasteiger partial charge in [0.25, 0.3) is 0 Å². The number of hydrogen-bond acceptors (Lipinski definition) is 7. The van der Waals surface area contributed by atoms with Crippen LogP contribution in [0.1, 0.15) is 17.5 Å². The van der Waals surface area contributed by atoms with Crippen LogP contribution >= 0.6 is 34.4 Å². The van der Waals surface area contributed by atoms with E-state index in [1.165, 1.54) is 16.6 Å². The Bertz CT molecular complexity index is 871. The maximum absolute atomic E-state index is 12.2. The molecule has 0 aliphatic carbocycles. The molecule has 0 bridgehead atoms. The predicted molar refractivity (Wildman–Crippen MR) is 106 cm³/mol. The van der Waals surface area contributed by atoms with Gasteiger partial charge in [0.05, 0.1) is 21.7 Å². The lowest BCUT2D eigenvalue weighted by Gasteiger charge is -2.23. The number of rotatable bonds is 5. The molecule has 1 aromatic carbocycles. The number of thioether (sulfide) groups is 1. The predicted octanol–water partition coefficient (Wildman–Crippen LogP) is 3.86. The van der Waals surface area contributed by atoms with Gasteiger partial charge < -0.3 is 5.32 Å². The van der Waals surface area contributed by atoms with Gasteiger partial charge in [0.1, 0.15) is 0 Å². The summed E-state index contributed by atoms with van der Waals surface area (Å²) < 4.78 is 2.08. The smallest absolute Gasteiger partial charge is 0.236 e. The van der Waals surface area contributed by atoms with Gasteiger partial charge in [-0.05, 0) is 18.7 Å². The number of anilines is 1. The maximum Gasteiger partial charge on any atom is 0.236 e. The molecule has 8 heteroatoms. The van der Waals surface area contributed by atoms with E-state index in [2.05, 4.69) is 33.2 Å². The van der Waals surface area contributed by atoms with E-state index in [1.54, 1.807) is 22.7 Å². The van der Waals surface area contributed by atoms with E-state index in [0.717, 1.165) is 51.4 Å². The van der Waals surface area contributed by atoms with E-state index in [1.807, 2.05) is 18.2 Å². The monoisotopic (exact) mass is 390 g/mol. The highest BCUT2D eigenvalue weighted by Crippen LogP contribution is 2.30. The Kier molecular flexibility index (Phi) is 5.03. The molecule has 0 atom stereocenters. The first-order valence-electron chi connectivity index (χ1n) is 8.20. The highest BCUT2D eigenvalue weighted by Gasteiger charge is 2.20. The zero-order valence-electron chi connectivity index (χ0n) is 13.8. The third-order valence-corrected chi connectivity index (χ3v) is 7.28. The number of carbonyl (C=O) groups excluding carboxylic acids is 1. The third kappa shape index (κ3) is 3.87. The average molecular weight is 391 g/mol. The molecule has 1 aliphatic rings. The van der Waals surface area contributed by atoms with Crippen molar-refractivity contribution in [2.75, 3.05) is 24.2 Å². The van der Waals surface area contributed by atoms with Gasteiger partial charge in [-0.15, -0.1) is 22.7 Å². The summed E-state index contributed by atoms with van der Waals surface area (Å²) in [7, 11) is 0. The molecule has 0 radical (unpaired) electrons. The van der Waals surface area contributed by atoms with E-state index in [-0.39, 0.29) is 5.91 Å². The SMILES string of the molecule is CCN1CCc2nc(NC(=O)CSc3nc4ccccc4s3)sc2C1. The van der Waals surface area contributed by atoms with Crippen molar-refractivity contribution in [3.8, 4) is 0 Å². The van der Waals surface area contributed by atoms with Gasteiger partial charge in [-0.25, -0.2) is 9.97 Å². The number of para-hydroxylation sites is 1. The summed E-state index contributed by atoms with van der Waals surface area (Å²) >= 11 is 4.70. The Balaban J connectivity index is 1.35. The summed E-state index contributed by atoms with van der Waals surface area (Å²) in [5, 5.41) is 3.66. The normalized spacial score (nSPS) is 14.6. The van der Waals surface area contributed by atoms with E-state index < -0.39 is 0 Å². The lowest BCUT2D eigenvalue weighted by atomic mass is 10.2. The van der Waals surface area contributed by atoms with Crippen molar-refractivity contribution in [1.29, 1.82) is 0 Å². The molecule has 4 rings (SSSR count). The molecule has 0 saturated carbocycles. The third-order valence-electron chi connectivity index (χ3n) is 4.10. The number of hydrogen-bond donors (Lipinski definition) is 1. The van der Waals surface area contributed by atoms with Crippen LogP contribution in [0.4, 0.5) is 5.13 Å². The number of benzene rings is 1. The second kappa shape index (κ2) is 7.41. The number of carbonyl (C=O) groups is 1. The van der Waals surface area contributed by atoms with Gasteiger partial charge in [0.2, 0.25) is 5.91 Å². The minimum atomic E-state index is -0.0253. The van der Waals surface area contributed by atoms with E-state index in [0.29, 0.717) is 5.75 Å². The van der Waals surface area contributed by atoms with Gasteiger partial charge in [-0.2, -0.15) is 0 Å². The standard InChI is InChI=1S/C17H18N4OS3/c1-2-21-8-7-12-14(9-21)24-16(18-12)20-15(22)10-23-17-19-11-5-3-4-6-13(11)25-17/h3-6H,2,7-10H2,1H3,(H,18,20,22). The lowest BCUT2D eigenvalue weighted by Crippen LogP contribution is -2.29.